The molecule has 0 aliphatic carbocycles. The van der Waals surface area contributed by atoms with Gasteiger partial charge in [-0.3, -0.25) is 4.68 Å². The van der Waals surface area contributed by atoms with E-state index in [-0.39, 0.29) is 18.8 Å². The summed E-state index contributed by atoms with van der Waals surface area (Å²) < 4.78 is 40.5. The Labute approximate surface area is 119 Å². The molecule has 2 aromatic rings. The molecule has 21 heavy (non-hydrogen) atoms. The van der Waals surface area contributed by atoms with Crippen molar-refractivity contribution in [2.45, 2.75) is 11.4 Å². The average molecular weight is 314 g/mol. The summed E-state index contributed by atoms with van der Waals surface area (Å²) in [6, 6.07) is 4.99. The number of hydrogen-bond acceptors (Lipinski definition) is 5. The van der Waals surface area contributed by atoms with E-state index >= 15 is 0 Å². The van der Waals surface area contributed by atoms with Gasteiger partial charge >= 0.3 is 5.97 Å². The quantitative estimate of drug-likeness (QED) is 0.781. The molecule has 0 spiro atoms. The second kappa shape index (κ2) is 5.97. The second-order valence-corrected chi connectivity index (χ2v) is 5.74. The summed E-state index contributed by atoms with van der Waals surface area (Å²) in [6.45, 7) is -0.0208. The molecule has 0 bridgehead atoms. The van der Waals surface area contributed by atoms with Gasteiger partial charge in [0.25, 0.3) is 0 Å². The van der Waals surface area contributed by atoms with E-state index in [9.17, 15) is 17.6 Å². The zero-order valence-electron chi connectivity index (χ0n) is 10.6. The van der Waals surface area contributed by atoms with Crippen LogP contribution in [0.5, 0.6) is 0 Å². The number of sulfonamides is 1. The van der Waals surface area contributed by atoms with Crippen molar-refractivity contribution in [3.05, 3.63) is 42.0 Å². The van der Waals surface area contributed by atoms with Crippen LogP contribution in [0, 0.1) is 5.82 Å². The van der Waals surface area contributed by atoms with Gasteiger partial charge in [-0.2, -0.15) is 0 Å². The summed E-state index contributed by atoms with van der Waals surface area (Å²) in [5.41, 5.74) is -0.244. The van der Waals surface area contributed by atoms with Crippen molar-refractivity contribution in [1.82, 2.24) is 19.7 Å². The molecule has 112 valence electrons. The zero-order valence-corrected chi connectivity index (χ0v) is 11.4. The van der Waals surface area contributed by atoms with E-state index in [2.05, 4.69) is 15.0 Å². The molecule has 0 saturated carbocycles. The monoisotopic (exact) mass is 314 g/mol. The van der Waals surface area contributed by atoms with Crippen molar-refractivity contribution in [1.29, 1.82) is 0 Å². The third kappa shape index (κ3) is 3.61. The van der Waals surface area contributed by atoms with E-state index in [0.717, 1.165) is 12.1 Å². The van der Waals surface area contributed by atoms with Crippen LogP contribution in [0.15, 0.2) is 35.4 Å². The number of halogens is 1. The molecule has 2 N–H and O–H groups in total. The van der Waals surface area contributed by atoms with Gasteiger partial charge in [0.05, 0.1) is 12.7 Å². The minimum atomic E-state index is -3.97. The van der Waals surface area contributed by atoms with Crippen molar-refractivity contribution in [2.75, 3.05) is 6.54 Å². The van der Waals surface area contributed by atoms with Crippen molar-refractivity contribution >= 4 is 16.0 Å². The summed E-state index contributed by atoms with van der Waals surface area (Å²) in [5.74, 6) is -2.08. The molecule has 0 fully saturated rings. The highest BCUT2D eigenvalue weighted by atomic mass is 32.2. The maximum atomic E-state index is 13.4. The summed E-state index contributed by atoms with van der Waals surface area (Å²) in [7, 11) is -3.97. The molecule has 1 aromatic carbocycles. The van der Waals surface area contributed by atoms with Gasteiger partial charge in [-0.1, -0.05) is 17.3 Å². The largest absolute Gasteiger partial charge is 0.476 e. The maximum Gasteiger partial charge on any atom is 0.358 e. The molecular formula is C11H11FN4O4S. The van der Waals surface area contributed by atoms with Gasteiger partial charge in [-0.15, -0.1) is 5.10 Å². The predicted molar refractivity (Wildman–Crippen MR) is 68.6 cm³/mol. The Kier molecular flexibility index (Phi) is 4.29. The molecule has 1 aromatic heterocycles. The topological polar surface area (TPSA) is 114 Å². The van der Waals surface area contributed by atoms with Gasteiger partial charge < -0.3 is 5.11 Å². The molecule has 0 radical (unpaired) electrons. The molecule has 2 rings (SSSR count). The number of carboxylic acid groups (broad SMARTS) is 1. The van der Waals surface area contributed by atoms with Crippen LogP contribution in [0.4, 0.5) is 4.39 Å². The van der Waals surface area contributed by atoms with Crippen LogP contribution < -0.4 is 4.72 Å². The molecule has 0 unspecified atom stereocenters. The van der Waals surface area contributed by atoms with E-state index in [1.54, 1.807) is 0 Å². The molecule has 0 atom stereocenters. The highest BCUT2D eigenvalue weighted by Gasteiger charge is 2.17. The van der Waals surface area contributed by atoms with Crippen LogP contribution in [0.2, 0.25) is 0 Å². The van der Waals surface area contributed by atoms with E-state index < -0.39 is 26.7 Å². The van der Waals surface area contributed by atoms with Crippen LogP contribution in [0.1, 0.15) is 10.5 Å². The van der Waals surface area contributed by atoms with Gasteiger partial charge in [0.15, 0.2) is 5.69 Å². The Morgan fingerprint density at radius 1 is 1.38 bits per heavy atom. The first-order chi connectivity index (χ1) is 9.90. The average Bonchev–Trinajstić information content (AvgIpc) is 2.88. The van der Waals surface area contributed by atoms with E-state index in [1.165, 1.54) is 23.0 Å². The van der Waals surface area contributed by atoms with Gasteiger partial charge in [0.2, 0.25) is 10.0 Å². The molecule has 0 aliphatic heterocycles. The van der Waals surface area contributed by atoms with E-state index in [4.69, 9.17) is 5.11 Å². The van der Waals surface area contributed by atoms with Crippen LogP contribution in [0.3, 0.4) is 0 Å². The standard InChI is InChI=1S/C11H11FN4O4S/c12-8-3-1-2-4-10(8)21(19,20)13-5-6-16-7-9(11(17)18)14-15-16/h1-4,7,13H,5-6H2,(H,17,18). The van der Waals surface area contributed by atoms with Crippen molar-refractivity contribution in [3.63, 3.8) is 0 Å². The Balaban J connectivity index is 1.99. The highest BCUT2D eigenvalue weighted by Crippen LogP contribution is 2.12. The third-order valence-corrected chi connectivity index (χ3v) is 4.01. The molecule has 0 amide bonds. The van der Waals surface area contributed by atoms with Gasteiger partial charge in [0.1, 0.15) is 10.7 Å². The second-order valence-electron chi connectivity index (χ2n) is 4.00. The Bertz CT molecular complexity index is 759. The molecule has 10 heteroatoms. The van der Waals surface area contributed by atoms with Gasteiger partial charge in [-0.25, -0.2) is 22.3 Å². The number of benzene rings is 1. The van der Waals surface area contributed by atoms with Crippen LogP contribution in [-0.2, 0) is 16.6 Å². The number of nitrogens with zero attached hydrogens (tertiary/aromatic N) is 3. The third-order valence-electron chi connectivity index (χ3n) is 2.52. The number of carboxylic acids is 1. The molecule has 0 saturated heterocycles. The lowest BCUT2D eigenvalue weighted by atomic mass is 10.4. The summed E-state index contributed by atoms with van der Waals surface area (Å²) in [5, 5.41) is 15.6. The Hall–Kier alpha value is -2.33. The van der Waals surface area contributed by atoms with Crippen LogP contribution >= 0.6 is 0 Å². The van der Waals surface area contributed by atoms with Gasteiger partial charge in [-0.05, 0) is 12.1 Å². The first kappa shape index (κ1) is 15.1. The smallest absolute Gasteiger partial charge is 0.358 e. The summed E-state index contributed by atoms with van der Waals surface area (Å²) in [6.07, 6.45) is 1.17. The predicted octanol–water partition coefficient (Wildman–Crippen LogP) is 0.0939. The minimum Gasteiger partial charge on any atom is -0.476 e. The zero-order chi connectivity index (χ0) is 15.5. The first-order valence-corrected chi connectivity index (χ1v) is 7.26. The fourth-order valence-corrected chi connectivity index (χ4v) is 2.64. The number of hydrogen-bond donors (Lipinski definition) is 2. The van der Waals surface area contributed by atoms with Crippen molar-refractivity contribution in [2.24, 2.45) is 0 Å². The number of nitrogens with one attached hydrogen (secondary N) is 1. The SMILES string of the molecule is O=C(O)c1cn(CCNS(=O)(=O)c2ccccc2F)nn1. The van der Waals surface area contributed by atoms with Crippen molar-refractivity contribution in [3.8, 4) is 0 Å². The molecule has 8 nitrogen and oxygen atoms in total. The normalized spacial score (nSPS) is 11.5. The maximum absolute atomic E-state index is 13.4. The van der Waals surface area contributed by atoms with Crippen molar-refractivity contribution < 1.29 is 22.7 Å². The summed E-state index contributed by atoms with van der Waals surface area (Å²) in [4.78, 5) is 10.2. The minimum absolute atomic E-state index is 0.0635. The summed E-state index contributed by atoms with van der Waals surface area (Å²) >= 11 is 0. The lowest BCUT2D eigenvalue weighted by Crippen LogP contribution is -2.28. The molecular weight excluding hydrogens is 303 g/mol. The Morgan fingerprint density at radius 3 is 2.71 bits per heavy atom. The lowest BCUT2D eigenvalue weighted by Gasteiger charge is -2.07. The lowest BCUT2D eigenvalue weighted by molar-refractivity contribution is 0.0690. The van der Waals surface area contributed by atoms with Crippen LogP contribution in [0.25, 0.3) is 0 Å². The fourth-order valence-electron chi connectivity index (χ4n) is 1.54. The number of aromatic nitrogens is 3. The van der Waals surface area contributed by atoms with Crippen LogP contribution in [-0.4, -0.2) is 41.0 Å². The number of rotatable bonds is 6. The Morgan fingerprint density at radius 2 is 2.10 bits per heavy atom. The number of aromatic carboxylic acids is 1. The fraction of sp³-hybridized carbons (Fsp3) is 0.182. The number of carbonyl (C=O) groups is 1. The van der Waals surface area contributed by atoms with E-state index in [0.29, 0.717) is 0 Å². The molecule has 0 aliphatic rings. The first-order valence-electron chi connectivity index (χ1n) is 5.78. The highest BCUT2D eigenvalue weighted by molar-refractivity contribution is 7.89. The molecule has 1 heterocycles. The van der Waals surface area contributed by atoms with E-state index in [1.807, 2.05) is 0 Å². The van der Waals surface area contributed by atoms with Gasteiger partial charge in [0, 0.05) is 6.54 Å².